The van der Waals surface area contributed by atoms with E-state index in [0.717, 1.165) is 42.5 Å². The van der Waals surface area contributed by atoms with Gasteiger partial charge in [-0.1, -0.05) is 31.0 Å². The number of anilines is 1. The predicted octanol–water partition coefficient (Wildman–Crippen LogP) is 5.07. The number of carboxylic acid groups (broad SMARTS) is 1. The number of halogens is 2. The highest BCUT2D eigenvalue weighted by atomic mass is 19.1. The number of carbonyl (C=O) groups is 2. The van der Waals surface area contributed by atoms with Crippen molar-refractivity contribution in [3.8, 4) is 5.75 Å². The molecule has 2 aromatic carbocycles. The maximum absolute atomic E-state index is 17.6. The Morgan fingerprint density at radius 2 is 1.69 bits per heavy atom. The highest BCUT2D eigenvalue weighted by Gasteiger charge is 2.57. The summed E-state index contributed by atoms with van der Waals surface area (Å²) in [6.45, 7) is 2.61. The van der Waals surface area contributed by atoms with Crippen LogP contribution in [0.15, 0.2) is 42.5 Å². The minimum atomic E-state index is -2.09. The van der Waals surface area contributed by atoms with Gasteiger partial charge in [-0.2, -0.15) is 0 Å². The van der Waals surface area contributed by atoms with E-state index in [-0.39, 0.29) is 30.2 Å². The number of methoxy groups -OCH3 is 2. The molecular weight excluding hydrogens is 580 g/mol. The number of amides is 1. The van der Waals surface area contributed by atoms with Gasteiger partial charge in [-0.25, -0.2) is 8.78 Å². The quantitative estimate of drug-likeness (QED) is 0.417. The highest BCUT2D eigenvalue weighted by molar-refractivity contribution is 5.88. The van der Waals surface area contributed by atoms with Gasteiger partial charge in [-0.15, -0.1) is 0 Å². The third-order valence-corrected chi connectivity index (χ3v) is 10.8. The van der Waals surface area contributed by atoms with Gasteiger partial charge in [0.05, 0.1) is 19.6 Å². The molecule has 10 heteroatoms. The van der Waals surface area contributed by atoms with Crippen LogP contribution in [0.2, 0.25) is 0 Å². The summed E-state index contributed by atoms with van der Waals surface area (Å²) in [5.74, 6) is -2.27. The van der Waals surface area contributed by atoms with Crippen LogP contribution in [0.3, 0.4) is 0 Å². The van der Waals surface area contributed by atoms with Gasteiger partial charge in [-0.05, 0) is 61.1 Å². The van der Waals surface area contributed by atoms with Gasteiger partial charge in [0.2, 0.25) is 5.67 Å². The van der Waals surface area contributed by atoms with Crippen LogP contribution in [0.5, 0.6) is 5.75 Å². The minimum Gasteiger partial charge on any atom is -0.497 e. The fourth-order valence-electron chi connectivity index (χ4n) is 8.33. The first-order valence-electron chi connectivity index (χ1n) is 16.3. The molecule has 3 saturated heterocycles. The van der Waals surface area contributed by atoms with E-state index in [1.807, 2.05) is 24.3 Å². The number of hydrogen-bond donors (Lipinski definition) is 1. The number of piperidine rings is 1. The van der Waals surface area contributed by atoms with E-state index in [2.05, 4.69) is 9.80 Å². The molecule has 1 amide bonds. The van der Waals surface area contributed by atoms with Crippen molar-refractivity contribution in [1.29, 1.82) is 0 Å². The van der Waals surface area contributed by atoms with Gasteiger partial charge in [0.25, 0.3) is 5.91 Å². The molecule has 1 N–H and O–H groups in total. The summed E-state index contributed by atoms with van der Waals surface area (Å²) in [5.41, 5.74) is 0.315. The first-order chi connectivity index (χ1) is 21.7. The van der Waals surface area contributed by atoms with Crippen molar-refractivity contribution >= 4 is 17.6 Å². The first-order valence-corrected chi connectivity index (χ1v) is 16.3. The molecule has 0 aromatic heterocycles. The maximum Gasteiger partial charge on any atom is 0.306 e. The summed E-state index contributed by atoms with van der Waals surface area (Å²) in [4.78, 5) is 31.9. The molecule has 1 saturated carbocycles. The second-order valence-corrected chi connectivity index (χ2v) is 13.4. The maximum atomic E-state index is 17.6. The van der Waals surface area contributed by atoms with Gasteiger partial charge in [0, 0.05) is 75.9 Å². The van der Waals surface area contributed by atoms with E-state index >= 15 is 4.39 Å². The van der Waals surface area contributed by atoms with E-state index in [4.69, 9.17) is 9.47 Å². The average Bonchev–Trinajstić information content (AvgIpc) is 3.81. The minimum absolute atomic E-state index is 0.0730. The van der Waals surface area contributed by atoms with Crippen LogP contribution in [0.25, 0.3) is 0 Å². The van der Waals surface area contributed by atoms with Crippen molar-refractivity contribution in [1.82, 2.24) is 9.80 Å². The van der Waals surface area contributed by atoms with E-state index in [1.165, 1.54) is 12.1 Å². The number of alkyl halides is 1. The molecule has 3 heterocycles. The molecule has 2 aromatic rings. The molecule has 0 unspecified atom stereocenters. The molecule has 1 aliphatic carbocycles. The highest BCUT2D eigenvalue weighted by Crippen LogP contribution is 2.46. The van der Waals surface area contributed by atoms with Crippen molar-refractivity contribution in [2.75, 3.05) is 65.0 Å². The van der Waals surface area contributed by atoms with Crippen molar-refractivity contribution in [2.45, 2.75) is 62.1 Å². The molecule has 4 fully saturated rings. The van der Waals surface area contributed by atoms with Crippen LogP contribution in [0, 0.1) is 17.7 Å². The van der Waals surface area contributed by atoms with Crippen molar-refractivity contribution in [2.24, 2.45) is 11.8 Å². The Kier molecular flexibility index (Phi) is 9.34. The zero-order valence-corrected chi connectivity index (χ0v) is 26.3. The molecule has 4 aliphatic rings. The second-order valence-electron chi connectivity index (χ2n) is 13.4. The topological polar surface area (TPSA) is 82.6 Å². The van der Waals surface area contributed by atoms with Crippen molar-refractivity contribution < 1.29 is 33.0 Å². The number of aliphatic carboxylic acids is 1. The standard InChI is InChI=1S/C35H45F2N3O5/c1-44-21-25-18-39(19-30(25)29-12-9-26(36)17-32(29)38-15-13-24(14-16-38)33(41)42)34(43)35(37)22-40(27-5-3-4-6-27)20-31(35)23-7-10-28(45-2)11-8-23/h7-12,17,24-25,27,30-31H,3-6,13-16,18-22H2,1-2H3,(H,41,42)/t25-,30+,31+,35+/m1/s1. The third kappa shape index (κ3) is 6.28. The molecule has 0 spiro atoms. The zero-order valence-electron chi connectivity index (χ0n) is 26.3. The molecule has 244 valence electrons. The number of hydrogen-bond acceptors (Lipinski definition) is 6. The lowest BCUT2D eigenvalue weighted by Crippen LogP contribution is -2.50. The Morgan fingerprint density at radius 3 is 2.33 bits per heavy atom. The van der Waals surface area contributed by atoms with Crippen LogP contribution >= 0.6 is 0 Å². The lowest BCUT2D eigenvalue weighted by Gasteiger charge is -2.35. The lowest BCUT2D eigenvalue weighted by molar-refractivity contribution is -0.143. The molecule has 6 rings (SSSR count). The fraction of sp³-hybridized carbons (Fsp3) is 0.600. The van der Waals surface area contributed by atoms with Crippen molar-refractivity contribution in [3.05, 3.63) is 59.4 Å². The molecule has 0 radical (unpaired) electrons. The van der Waals surface area contributed by atoms with E-state index in [0.29, 0.717) is 57.9 Å². The fourth-order valence-corrected chi connectivity index (χ4v) is 8.33. The predicted molar refractivity (Wildman–Crippen MR) is 167 cm³/mol. The largest absolute Gasteiger partial charge is 0.497 e. The summed E-state index contributed by atoms with van der Waals surface area (Å²) in [7, 11) is 3.22. The summed E-state index contributed by atoms with van der Waals surface area (Å²) in [5, 5.41) is 9.48. The third-order valence-electron chi connectivity index (χ3n) is 10.8. The molecular formula is C35H45F2N3O5. The number of rotatable bonds is 9. The molecule has 45 heavy (non-hydrogen) atoms. The number of likely N-dealkylation sites (tertiary alicyclic amines) is 2. The first kappa shape index (κ1) is 31.7. The van der Waals surface area contributed by atoms with Gasteiger partial charge < -0.3 is 24.4 Å². The zero-order chi connectivity index (χ0) is 31.7. The molecule has 0 bridgehead atoms. The summed E-state index contributed by atoms with van der Waals surface area (Å²) >= 11 is 0. The van der Waals surface area contributed by atoms with E-state index in [1.54, 1.807) is 25.2 Å². The van der Waals surface area contributed by atoms with E-state index < -0.39 is 29.4 Å². The van der Waals surface area contributed by atoms with Gasteiger partial charge in [-0.3, -0.25) is 14.5 Å². The molecule has 8 nitrogen and oxygen atoms in total. The number of carbonyl (C=O) groups excluding carboxylic acids is 1. The smallest absolute Gasteiger partial charge is 0.306 e. The van der Waals surface area contributed by atoms with Gasteiger partial charge in [0.1, 0.15) is 11.6 Å². The average molecular weight is 626 g/mol. The van der Waals surface area contributed by atoms with Crippen LogP contribution in [0.4, 0.5) is 14.5 Å². The van der Waals surface area contributed by atoms with Crippen LogP contribution < -0.4 is 9.64 Å². The Labute approximate surface area is 264 Å². The normalized spacial score (nSPS) is 28.2. The lowest BCUT2D eigenvalue weighted by atomic mass is 9.85. The monoisotopic (exact) mass is 625 g/mol. The van der Waals surface area contributed by atoms with Crippen LogP contribution in [0.1, 0.15) is 61.5 Å². The molecule has 4 atom stereocenters. The van der Waals surface area contributed by atoms with Gasteiger partial charge in [0.15, 0.2) is 0 Å². The van der Waals surface area contributed by atoms with E-state index in [9.17, 15) is 19.1 Å². The Hall–Kier alpha value is -3.24. The van der Waals surface area contributed by atoms with Crippen molar-refractivity contribution in [3.63, 3.8) is 0 Å². The Morgan fingerprint density at radius 1 is 0.978 bits per heavy atom. The summed E-state index contributed by atoms with van der Waals surface area (Å²) in [6, 6.07) is 12.4. The molecule has 3 aliphatic heterocycles. The second kappa shape index (κ2) is 13.2. The Balaban J connectivity index is 1.28. The number of ether oxygens (including phenoxy) is 2. The number of benzene rings is 2. The van der Waals surface area contributed by atoms with Crippen LogP contribution in [-0.2, 0) is 14.3 Å². The number of nitrogens with zero attached hydrogens (tertiary/aromatic N) is 3. The summed E-state index contributed by atoms with van der Waals surface area (Å²) in [6.07, 6.45) is 5.27. The SMILES string of the molecule is COC[C@H]1CN(C(=O)[C@]2(F)CN(C3CCCC3)C[C@H]2c2ccc(OC)cc2)C[C@@H]1c1ccc(F)cc1N1CCC(C(=O)O)CC1. The Bertz CT molecular complexity index is 1360. The van der Waals surface area contributed by atoms with Crippen LogP contribution in [-0.4, -0.2) is 98.6 Å². The summed E-state index contributed by atoms with van der Waals surface area (Å²) < 4.78 is 43.1. The number of carboxylic acids is 1. The van der Waals surface area contributed by atoms with Gasteiger partial charge >= 0.3 is 5.97 Å².